The van der Waals surface area contributed by atoms with Gasteiger partial charge in [-0.15, -0.1) is 0 Å². The van der Waals surface area contributed by atoms with E-state index < -0.39 is 0 Å². The molecule has 2 saturated heterocycles. The van der Waals surface area contributed by atoms with Crippen molar-refractivity contribution in [2.45, 2.75) is 6.92 Å². The number of benzene rings is 1. The number of carbonyl (C=O) groups excluding carboxylic acids is 1. The molecule has 0 radical (unpaired) electrons. The van der Waals surface area contributed by atoms with Crippen molar-refractivity contribution in [3.05, 3.63) is 24.3 Å². The lowest BCUT2D eigenvalue weighted by Gasteiger charge is -2.23. The third-order valence-electron chi connectivity index (χ3n) is 4.54. The van der Waals surface area contributed by atoms with Crippen LogP contribution >= 0.6 is 0 Å². The summed E-state index contributed by atoms with van der Waals surface area (Å²) in [6.07, 6.45) is 0. The minimum absolute atomic E-state index is 0.0860. The van der Waals surface area contributed by atoms with Crippen molar-refractivity contribution in [3.63, 3.8) is 0 Å². The quantitative estimate of drug-likeness (QED) is 0.923. The molecule has 0 bridgehead atoms. The molecule has 3 rings (SSSR count). The Labute approximate surface area is 125 Å². The van der Waals surface area contributed by atoms with E-state index in [0.717, 1.165) is 31.9 Å². The zero-order valence-electron chi connectivity index (χ0n) is 12.7. The number of anilines is 1. The van der Waals surface area contributed by atoms with E-state index in [0.29, 0.717) is 18.4 Å². The van der Waals surface area contributed by atoms with Gasteiger partial charge in [-0.25, -0.2) is 4.79 Å². The first kappa shape index (κ1) is 14.0. The Kier molecular flexibility index (Phi) is 3.90. The van der Waals surface area contributed by atoms with Gasteiger partial charge in [0.15, 0.2) is 0 Å². The van der Waals surface area contributed by atoms with E-state index in [1.807, 2.05) is 24.0 Å². The highest BCUT2D eigenvalue weighted by Crippen LogP contribution is 2.34. The van der Waals surface area contributed by atoms with E-state index in [9.17, 15) is 4.79 Å². The highest BCUT2D eigenvalue weighted by atomic mass is 16.5. The number of hydrogen-bond donors (Lipinski definition) is 1. The number of urea groups is 1. The Morgan fingerprint density at radius 3 is 2.33 bits per heavy atom. The lowest BCUT2D eigenvalue weighted by Crippen LogP contribution is -2.40. The number of nitrogens with one attached hydrogen (secondary N) is 1. The van der Waals surface area contributed by atoms with Gasteiger partial charge in [0.25, 0.3) is 0 Å². The monoisotopic (exact) mass is 289 g/mol. The van der Waals surface area contributed by atoms with E-state index in [2.05, 4.69) is 22.3 Å². The maximum Gasteiger partial charge on any atom is 0.317 e. The highest BCUT2D eigenvalue weighted by molar-refractivity contribution is 5.74. The molecule has 21 heavy (non-hydrogen) atoms. The predicted octanol–water partition coefficient (Wildman–Crippen LogP) is 1.79. The van der Waals surface area contributed by atoms with Crippen molar-refractivity contribution in [1.29, 1.82) is 0 Å². The standard InChI is InChI=1S/C16H23N3O2/c1-3-17-16(20)19-10-12-8-18(9-13(12)11-19)14-4-6-15(21-2)7-5-14/h4-7,12-13H,3,8-11H2,1-2H3,(H,17,20)/t12-,13+. The van der Waals surface area contributed by atoms with Crippen LogP contribution in [-0.4, -0.2) is 50.8 Å². The van der Waals surface area contributed by atoms with Crippen LogP contribution in [0.15, 0.2) is 24.3 Å². The summed E-state index contributed by atoms with van der Waals surface area (Å²) in [5, 5.41) is 2.89. The first-order valence-electron chi connectivity index (χ1n) is 7.63. The topological polar surface area (TPSA) is 44.8 Å². The summed E-state index contributed by atoms with van der Waals surface area (Å²) in [4.78, 5) is 16.3. The molecule has 5 nitrogen and oxygen atoms in total. The molecule has 2 heterocycles. The SMILES string of the molecule is CCNC(=O)N1C[C@@H]2CN(c3ccc(OC)cc3)C[C@@H]2C1. The fourth-order valence-electron chi connectivity index (χ4n) is 3.43. The van der Waals surface area contributed by atoms with E-state index in [-0.39, 0.29) is 6.03 Å². The van der Waals surface area contributed by atoms with Gasteiger partial charge in [-0.2, -0.15) is 0 Å². The molecule has 0 aromatic heterocycles. The van der Waals surface area contributed by atoms with Crippen LogP contribution in [0.1, 0.15) is 6.92 Å². The number of ether oxygens (including phenoxy) is 1. The molecule has 0 spiro atoms. The molecule has 0 saturated carbocycles. The zero-order valence-corrected chi connectivity index (χ0v) is 12.7. The van der Waals surface area contributed by atoms with Gasteiger partial charge in [-0.3, -0.25) is 0 Å². The van der Waals surface area contributed by atoms with Gasteiger partial charge in [-0.05, 0) is 31.2 Å². The van der Waals surface area contributed by atoms with Gasteiger partial charge in [-0.1, -0.05) is 0 Å². The average Bonchev–Trinajstić information content (AvgIpc) is 3.06. The zero-order chi connectivity index (χ0) is 14.8. The van der Waals surface area contributed by atoms with Gasteiger partial charge in [0.1, 0.15) is 5.75 Å². The molecule has 1 aromatic rings. The molecule has 5 heteroatoms. The number of carbonyl (C=O) groups is 1. The summed E-state index contributed by atoms with van der Waals surface area (Å²) in [6.45, 7) is 6.48. The van der Waals surface area contributed by atoms with E-state index in [4.69, 9.17) is 4.74 Å². The second kappa shape index (κ2) is 5.84. The van der Waals surface area contributed by atoms with Crippen molar-refractivity contribution in [1.82, 2.24) is 10.2 Å². The Morgan fingerprint density at radius 2 is 1.81 bits per heavy atom. The number of likely N-dealkylation sites (tertiary alicyclic amines) is 1. The van der Waals surface area contributed by atoms with Crippen LogP contribution in [0.4, 0.5) is 10.5 Å². The lowest BCUT2D eigenvalue weighted by atomic mass is 10.0. The molecule has 0 aliphatic carbocycles. The van der Waals surface area contributed by atoms with E-state index in [1.54, 1.807) is 7.11 Å². The summed E-state index contributed by atoms with van der Waals surface area (Å²) in [5.41, 5.74) is 1.25. The van der Waals surface area contributed by atoms with Crippen LogP contribution in [-0.2, 0) is 0 Å². The molecule has 2 aliphatic rings. The van der Waals surface area contributed by atoms with Crippen molar-refractivity contribution >= 4 is 11.7 Å². The Hall–Kier alpha value is -1.91. The summed E-state index contributed by atoms with van der Waals surface area (Å²) in [7, 11) is 1.69. The highest BCUT2D eigenvalue weighted by Gasteiger charge is 2.41. The minimum atomic E-state index is 0.0860. The van der Waals surface area contributed by atoms with Gasteiger partial charge >= 0.3 is 6.03 Å². The largest absolute Gasteiger partial charge is 0.497 e. The predicted molar refractivity (Wildman–Crippen MR) is 82.8 cm³/mol. The molecule has 2 amide bonds. The van der Waals surface area contributed by atoms with E-state index >= 15 is 0 Å². The third kappa shape index (κ3) is 2.77. The summed E-state index contributed by atoms with van der Waals surface area (Å²) in [5.74, 6) is 2.07. The first-order valence-corrected chi connectivity index (χ1v) is 7.63. The average molecular weight is 289 g/mol. The summed E-state index contributed by atoms with van der Waals surface area (Å²) < 4.78 is 5.20. The van der Waals surface area contributed by atoms with Crippen LogP contribution in [0.25, 0.3) is 0 Å². The Balaban J connectivity index is 1.59. The third-order valence-corrected chi connectivity index (χ3v) is 4.54. The van der Waals surface area contributed by atoms with E-state index in [1.165, 1.54) is 5.69 Å². The van der Waals surface area contributed by atoms with Gasteiger partial charge in [0.2, 0.25) is 0 Å². The van der Waals surface area contributed by atoms with Crippen LogP contribution in [0.3, 0.4) is 0 Å². The van der Waals surface area contributed by atoms with Crippen LogP contribution in [0, 0.1) is 11.8 Å². The summed E-state index contributed by atoms with van der Waals surface area (Å²) in [6, 6.07) is 8.32. The molecular formula is C16H23N3O2. The normalized spacial score (nSPS) is 24.1. The van der Waals surface area contributed by atoms with Crippen molar-refractivity contribution < 1.29 is 9.53 Å². The first-order chi connectivity index (χ1) is 10.2. The molecule has 2 aliphatic heterocycles. The fraction of sp³-hybridized carbons (Fsp3) is 0.562. The lowest BCUT2D eigenvalue weighted by molar-refractivity contribution is 0.206. The molecule has 2 fully saturated rings. The molecular weight excluding hydrogens is 266 g/mol. The molecule has 1 N–H and O–H groups in total. The molecule has 1 aromatic carbocycles. The number of hydrogen-bond acceptors (Lipinski definition) is 3. The van der Waals surface area contributed by atoms with Crippen LogP contribution in [0.2, 0.25) is 0 Å². The summed E-state index contributed by atoms with van der Waals surface area (Å²) >= 11 is 0. The number of fused-ring (bicyclic) bond motifs is 1. The number of nitrogens with zero attached hydrogens (tertiary/aromatic N) is 2. The second-order valence-corrected chi connectivity index (χ2v) is 5.86. The smallest absolute Gasteiger partial charge is 0.317 e. The van der Waals surface area contributed by atoms with Gasteiger partial charge in [0, 0.05) is 50.2 Å². The van der Waals surface area contributed by atoms with Crippen LogP contribution in [0.5, 0.6) is 5.75 Å². The van der Waals surface area contributed by atoms with Crippen molar-refractivity contribution in [2.24, 2.45) is 11.8 Å². The van der Waals surface area contributed by atoms with Crippen molar-refractivity contribution in [3.8, 4) is 5.75 Å². The van der Waals surface area contributed by atoms with Crippen LogP contribution < -0.4 is 15.0 Å². The fourth-order valence-corrected chi connectivity index (χ4v) is 3.43. The number of amides is 2. The molecule has 0 unspecified atom stereocenters. The maximum atomic E-state index is 11.9. The maximum absolute atomic E-state index is 11.9. The Morgan fingerprint density at radius 1 is 1.19 bits per heavy atom. The number of rotatable bonds is 3. The number of methoxy groups -OCH3 is 1. The Bertz CT molecular complexity index is 489. The van der Waals surface area contributed by atoms with Gasteiger partial charge in [0.05, 0.1) is 7.11 Å². The molecule has 114 valence electrons. The molecule has 2 atom stereocenters. The minimum Gasteiger partial charge on any atom is -0.497 e. The van der Waals surface area contributed by atoms with Gasteiger partial charge < -0.3 is 19.9 Å². The second-order valence-electron chi connectivity index (χ2n) is 5.86. The van der Waals surface area contributed by atoms with Crippen molar-refractivity contribution in [2.75, 3.05) is 44.7 Å².